The standard InChI is InChI=1S/C14H10BrFO2S/c15-13-4-2-1-3-12(13)14(17)9-19(18)11-7-5-10(16)6-8-11/h1-8H,9H2. The van der Waals surface area contributed by atoms with Gasteiger partial charge in [-0.1, -0.05) is 34.1 Å². The highest BCUT2D eigenvalue weighted by Gasteiger charge is 2.14. The third-order valence-electron chi connectivity index (χ3n) is 2.51. The van der Waals surface area contributed by atoms with Gasteiger partial charge in [-0.15, -0.1) is 0 Å². The van der Waals surface area contributed by atoms with E-state index in [-0.39, 0.29) is 11.5 Å². The summed E-state index contributed by atoms with van der Waals surface area (Å²) in [4.78, 5) is 12.5. The highest BCUT2D eigenvalue weighted by molar-refractivity contribution is 9.10. The van der Waals surface area contributed by atoms with Crippen LogP contribution in [0.15, 0.2) is 57.9 Å². The Morgan fingerprint density at radius 3 is 2.37 bits per heavy atom. The molecule has 0 saturated heterocycles. The minimum atomic E-state index is -1.47. The molecule has 0 aliphatic heterocycles. The van der Waals surface area contributed by atoms with Crippen molar-refractivity contribution < 1.29 is 13.4 Å². The van der Waals surface area contributed by atoms with Crippen molar-refractivity contribution in [3.05, 3.63) is 64.4 Å². The molecule has 0 spiro atoms. The van der Waals surface area contributed by atoms with Crippen LogP contribution in [0.4, 0.5) is 4.39 Å². The van der Waals surface area contributed by atoms with E-state index in [0.29, 0.717) is 14.9 Å². The Hall–Kier alpha value is -1.33. The average Bonchev–Trinajstić information content (AvgIpc) is 2.39. The molecule has 0 aromatic heterocycles. The third kappa shape index (κ3) is 3.58. The molecule has 98 valence electrons. The van der Waals surface area contributed by atoms with Crippen LogP contribution in [0.25, 0.3) is 0 Å². The number of halogens is 2. The molecule has 0 amide bonds. The molecule has 19 heavy (non-hydrogen) atoms. The summed E-state index contributed by atoms with van der Waals surface area (Å²) >= 11 is 3.28. The Kier molecular flexibility index (Phi) is 4.61. The highest BCUT2D eigenvalue weighted by Crippen LogP contribution is 2.18. The summed E-state index contributed by atoms with van der Waals surface area (Å²) in [7, 11) is -1.47. The van der Waals surface area contributed by atoms with E-state index in [4.69, 9.17) is 0 Å². The van der Waals surface area contributed by atoms with Crippen LogP contribution in [0, 0.1) is 5.82 Å². The number of hydrogen-bond acceptors (Lipinski definition) is 2. The second-order valence-corrected chi connectivity index (χ2v) is 6.15. The maximum atomic E-state index is 12.8. The van der Waals surface area contributed by atoms with E-state index in [1.807, 2.05) is 0 Å². The molecule has 0 heterocycles. The molecule has 0 aliphatic rings. The number of carbonyl (C=O) groups excluding carboxylic acids is 1. The summed E-state index contributed by atoms with van der Waals surface area (Å²) in [5.41, 5.74) is 0.498. The van der Waals surface area contributed by atoms with Crippen LogP contribution in [-0.2, 0) is 10.8 Å². The SMILES string of the molecule is O=C(CS(=O)c1ccc(F)cc1)c1ccccc1Br. The van der Waals surface area contributed by atoms with Crippen LogP contribution in [0.3, 0.4) is 0 Å². The number of rotatable bonds is 4. The van der Waals surface area contributed by atoms with Gasteiger partial charge in [0.1, 0.15) is 5.82 Å². The topological polar surface area (TPSA) is 34.1 Å². The van der Waals surface area contributed by atoms with Gasteiger partial charge in [-0.2, -0.15) is 0 Å². The fourth-order valence-corrected chi connectivity index (χ4v) is 3.06. The Morgan fingerprint density at radius 1 is 1.11 bits per heavy atom. The summed E-state index contributed by atoms with van der Waals surface area (Å²) in [6, 6.07) is 12.3. The summed E-state index contributed by atoms with van der Waals surface area (Å²) in [5.74, 6) is -0.721. The zero-order valence-electron chi connectivity index (χ0n) is 9.81. The average molecular weight is 341 g/mol. The van der Waals surface area contributed by atoms with Crippen molar-refractivity contribution >= 4 is 32.5 Å². The van der Waals surface area contributed by atoms with Crippen molar-refractivity contribution in [1.82, 2.24) is 0 Å². The van der Waals surface area contributed by atoms with Crippen molar-refractivity contribution in [2.24, 2.45) is 0 Å². The second kappa shape index (κ2) is 6.21. The summed E-state index contributed by atoms with van der Waals surface area (Å²) < 4.78 is 25.4. The van der Waals surface area contributed by atoms with Gasteiger partial charge < -0.3 is 0 Å². The van der Waals surface area contributed by atoms with Gasteiger partial charge in [-0.05, 0) is 30.3 Å². The molecule has 2 aromatic carbocycles. The predicted octanol–water partition coefficient (Wildman–Crippen LogP) is 3.58. The lowest BCUT2D eigenvalue weighted by atomic mass is 10.1. The number of carbonyl (C=O) groups is 1. The fraction of sp³-hybridized carbons (Fsp3) is 0.0714. The van der Waals surface area contributed by atoms with Crippen LogP contribution >= 0.6 is 15.9 Å². The zero-order chi connectivity index (χ0) is 13.8. The predicted molar refractivity (Wildman–Crippen MR) is 76.1 cm³/mol. The van der Waals surface area contributed by atoms with Crippen molar-refractivity contribution in [1.29, 1.82) is 0 Å². The smallest absolute Gasteiger partial charge is 0.176 e. The molecular weight excluding hydrogens is 331 g/mol. The van der Waals surface area contributed by atoms with Gasteiger partial charge >= 0.3 is 0 Å². The van der Waals surface area contributed by atoms with Gasteiger partial charge in [0.2, 0.25) is 0 Å². The molecule has 0 radical (unpaired) electrons. The third-order valence-corrected chi connectivity index (χ3v) is 4.53. The first kappa shape index (κ1) is 14.1. The van der Waals surface area contributed by atoms with Gasteiger partial charge in [0, 0.05) is 14.9 Å². The lowest BCUT2D eigenvalue weighted by molar-refractivity contribution is 0.102. The maximum Gasteiger partial charge on any atom is 0.176 e. The largest absolute Gasteiger partial charge is 0.293 e. The molecule has 2 aromatic rings. The molecular formula is C14H10BrFO2S. The number of hydrogen-bond donors (Lipinski definition) is 0. The van der Waals surface area contributed by atoms with E-state index in [0.717, 1.165) is 0 Å². The number of benzene rings is 2. The lowest BCUT2D eigenvalue weighted by Gasteiger charge is -2.04. The van der Waals surface area contributed by atoms with Crippen molar-refractivity contribution in [3.8, 4) is 0 Å². The Morgan fingerprint density at radius 2 is 1.74 bits per heavy atom. The van der Waals surface area contributed by atoms with Crippen LogP contribution < -0.4 is 0 Å². The zero-order valence-corrected chi connectivity index (χ0v) is 12.2. The van der Waals surface area contributed by atoms with E-state index in [1.165, 1.54) is 24.3 Å². The molecule has 0 bridgehead atoms. The van der Waals surface area contributed by atoms with Gasteiger partial charge in [0.25, 0.3) is 0 Å². The minimum absolute atomic E-state index is 0.117. The van der Waals surface area contributed by atoms with Gasteiger partial charge in [0.15, 0.2) is 5.78 Å². The molecule has 0 fully saturated rings. The minimum Gasteiger partial charge on any atom is -0.293 e. The van der Waals surface area contributed by atoms with E-state index >= 15 is 0 Å². The first-order valence-corrected chi connectivity index (χ1v) is 7.61. The molecule has 1 atom stereocenters. The van der Waals surface area contributed by atoms with Crippen LogP contribution in [0.2, 0.25) is 0 Å². The number of ketones is 1. The molecule has 2 rings (SSSR count). The molecule has 0 aliphatic carbocycles. The van der Waals surface area contributed by atoms with Crippen molar-refractivity contribution in [2.45, 2.75) is 4.90 Å². The van der Waals surface area contributed by atoms with E-state index < -0.39 is 16.6 Å². The van der Waals surface area contributed by atoms with E-state index in [9.17, 15) is 13.4 Å². The van der Waals surface area contributed by atoms with Crippen molar-refractivity contribution in [3.63, 3.8) is 0 Å². The van der Waals surface area contributed by atoms with E-state index in [1.54, 1.807) is 24.3 Å². The van der Waals surface area contributed by atoms with Crippen LogP contribution in [0.5, 0.6) is 0 Å². The van der Waals surface area contributed by atoms with E-state index in [2.05, 4.69) is 15.9 Å². The maximum absolute atomic E-state index is 12.8. The normalized spacial score (nSPS) is 12.1. The molecule has 2 nitrogen and oxygen atoms in total. The first-order chi connectivity index (χ1) is 9.08. The molecule has 1 unspecified atom stereocenters. The molecule has 5 heteroatoms. The number of Topliss-reactive ketones (excluding diaryl/α,β-unsaturated/α-hetero) is 1. The second-order valence-electron chi connectivity index (χ2n) is 3.85. The van der Waals surface area contributed by atoms with Crippen molar-refractivity contribution in [2.75, 3.05) is 5.75 Å². The fourth-order valence-electron chi connectivity index (χ4n) is 1.55. The van der Waals surface area contributed by atoms with Gasteiger partial charge in [-0.25, -0.2) is 4.39 Å². The summed E-state index contributed by atoms with van der Waals surface area (Å²) in [6.45, 7) is 0. The van der Waals surface area contributed by atoms with Crippen LogP contribution in [0.1, 0.15) is 10.4 Å². The van der Waals surface area contributed by atoms with Gasteiger partial charge in [-0.3, -0.25) is 9.00 Å². The Labute approximate surface area is 121 Å². The summed E-state index contributed by atoms with van der Waals surface area (Å²) in [6.07, 6.45) is 0. The van der Waals surface area contributed by atoms with Gasteiger partial charge in [0.05, 0.1) is 16.6 Å². The quantitative estimate of drug-likeness (QED) is 0.797. The first-order valence-electron chi connectivity index (χ1n) is 5.49. The Bertz CT molecular complexity index is 626. The van der Waals surface area contributed by atoms with Crippen LogP contribution in [-0.4, -0.2) is 15.7 Å². The molecule has 0 saturated carbocycles. The lowest BCUT2D eigenvalue weighted by Crippen LogP contribution is -2.11. The Balaban J connectivity index is 2.13. The monoisotopic (exact) mass is 340 g/mol. The highest BCUT2D eigenvalue weighted by atomic mass is 79.9. The molecule has 0 N–H and O–H groups in total. The summed E-state index contributed by atoms with van der Waals surface area (Å²) in [5, 5.41) is 0.